The Morgan fingerprint density at radius 3 is 2.35 bits per heavy atom. The lowest BCUT2D eigenvalue weighted by Crippen LogP contribution is -2.59. The van der Waals surface area contributed by atoms with E-state index in [1.54, 1.807) is 0 Å². The number of carbonyl (C=O) groups excluding carboxylic acids is 2. The lowest BCUT2D eigenvalue weighted by atomic mass is 9.66. The minimum atomic E-state index is -1.00. The normalized spacial score (nSPS) is 32.7. The molecule has 26 heavy (non-hydrogen) atoms. The highest BCUT2D eigenvalue weighted by atomic mass is 35.5. The molecule has 5 nitrogen and oxygen atoms in total. The van der Waals surface area contributed by atoms with Gasteiger partial charge in [0.15, 0.2) is 5.60 Å². The van der Waals surface area contributed by atoms with E-state index in [9.17, 15) is 9.59 Å². The number of halogens is 1. The van der Waals surface area contributed by atoms with Crippen molar-refractivity contribution >= 4 is 29.2 Å². The zero-order valence-corrected chi connectivity index (χ0v) is 16.3. The minimum Gasteiger partial charge on any atom is -0.448 e. The molecule has 0 N–H and O–H groups in total. The smallest absolute Gasteiger partial charge is 0.313 e. The van der Waals surface area contributed by atoms with Gasteiger partial charge in [-0.25, -0.2) is 0 Å². The Morgan fingerprint density at radius 2 is 1.81 bits per heavy atom. The quantitative estimate of drug-likeness (QED) is 0.744. The van der Waals surface area contributed by atoms with E-state index in [-0.39, 0.29) is 11.9 Å². The van der Waals surface area contributed by atoms with Crippen LogP contribution in [0.4, 0.5) is 5.69 Å². The second-order valence-electron chi connectivity index (χ2n) is 8.43. The Kier molecular flexibility index (Phi) is 3.82. The van der Waals surface area contributed by atoms with Gasteiger partial charge in [0.25, 0.3) is 5.91 Å². The molecule has 3 aliphatic rings. The zero-order valence-electron chi connectivity index (χ0n) is 15.5. The van der Waals surface area contributed by atoms with Crippen LogP contribution >= 0.6 is 11.6 Å². The molecule has 4 rings (SSSR count). The number of amides is 1. The third kappa shape index (κ3) is 2.16. The maximum atomic E-state index is 13.4. The number of hydrogen-bond donors (Lipinski definition) is 0. The first kappa shape index (κ1) is 17.7. The van der Waals surface area contributed by atoms with Gasteiger partial charge in [-0.2, -0.15) is 0 Å². The maximum Gasteiger partial charge on any atom is 0.313 e. The van der Waals surface area contributed by atoms with Crippen LogP contribution in [0.3, 0.4) is 0 Å². The van der Waals surface area contributed by atoms with Crippen molar-refractivity contribution in [3.63, 3.8) is 0 Å². The molecule has 2 heterocycles. The molecule has 1 saturated carbocycles. The Bertz CT molecular complexity index is 772. The number of ether oxygens (including phenoxy) is 1. The summed E-state index contributed by atoms with van der Waals surface area (Å²) < 4.78 is 5.75. The van der Waals surface area contributed by atoms with Crippen LogP contribution in [-0.4, -0.2) is 48.6 Å². The maximum absolute atomic E-state index is 13.4. The van der Waals surface area contributed by atoms with Crippen molar-refractivity contribution in [1.29, 1.82) is 0 Å². The van der Waals surface area contributed by atoms with Crippen LogP contribution in [-0.2, 0) is 14.3 Å². The lowest BCUT2D eigenvalue weighted by Gasteiger charge is -2.42. The standard InChI is InChI=1S/C20H25ClN2O3/c1-18(2)19(3)7-8-20(18,26-17(19)25)16(24)23-11-9-22(10-12-23)15-6-4-5-14(21)13-15/h4-6,13H,7-12H2,1-3H3/t19-,20-/m0/s1. The van der Waals surface area contributed by atoms with E-state index < -0.39 is 16.4 Å². The summed E-state index contributed by atoms with van der Waals surface area (Å²) in [6.45, 7) is 8.68. The fourth-order valence-electron chi connectivity index (χ4n) is 4.82. The number of hydrogen-bond acceptors (Lipinski definition) is 4. The summed E-state index contributed by atoms with van der Waals surface area (Å²) in [5.74, 6) is -0.248. The van der Waals surface area contributed by atoms with Crippen LogP contribution in [0.2, 0.25) is 5.02 Å². The summed E-state index contributed by atoms with van der Waals surface area (Å²) in [6, 6.07) is 7.78. The molecule has 2 atom stereocenters. The summed E-state index contributed by atoms with van der Waals surface area (Å²) in [5, 5.41) is 0.713. The molecule has 2 aliphatic heterocycles. The summed E-state index contributed by atoms with van der Waals surface area (Å²) in [5.41, 5.74) is -0.982. The van der Waals surface area contributed by atoms with E-state index in [1.165, 1.54) is 0 Å². The summed E-state index contributed by atoms with van der Waals surface area (Å²) >= 11 is 6.09. The Labute approximate surface area is 159 Å². The van der Waals surface area contributed by atoms with Gasteiger partial charge in [0.1, 0.15) is 0 Å². The molecule has 1 aromatic carbocycles. The van der Waals surface area contributed by atoms with Gasteiger partial charge in [-0.15, -0.1) is 0 Å². The van der Waals surface area contributed by atoms with Crippen LogP contribution in [0.15, 0.2) is 24.3 Å². The second kappa shape index (κ2) is 5.62. The third-order valence-corrected chi connectivity index (χ3v) is 7.40. The first-order valence-electron chi connectivity index (χ1n) is 9.25. The number of piperazine rings is 1. The van der Waals surface area contributed by atoms with E-state index in [0.29, 0.717) is 31.0 Å². The topological polar surface area (TPSA) is 49.9 Å². The highest BCUT2D eigenvalue weighted by molar-refractivity contribution is 6.30. The van der Waals surface area contributed by atoms with Gasteiger partial charge >= 0.3 is 5.97 Å². The van der Waals surface area contributed by atoms with Crippen molar-refractivity contribution in [2.24, 2.45) is 10.8 Å². The van der Waals surface area contributed by atoms with E-state index in [2.05, 4.69) is 4.90 Å². The second-order valence-corrected chi connectivity index (χ2v) is 8.87. The molecule has 0 radical (unpaired) electrons. The number of carbonyl (C=O) groups is 2. The number of rotatable bonds is 2. The van der Waals surface area contributed by atoms with Crippen molar-refractivity contribution in [3.05, 3.63) is 29.3 Å². The number of nitrogens with zero attached hydrogens (tertiary/aromatic N) is 2. The van der Waals surface area contributed by atoms with Gasteiger partial charge < -0.3 is 14.5 Å². The lowest BCUT2D eigenvalue weighted by molar-refractivity contribution is -0.174. The molecule has 6 heteroatoms. The predicted octanol–water partition coefficient (Wildman–Crippen LogP) is 3.11. The fraction of sp³-hybridized carbons (Fsp3) is 0.600. The molecule has 1 aliphatic carbocycles. The molecular formula is C20H25ClN2O3. The third-order valence-electron chi connectivity index (χ3n) is 7.17. The zero-order chi connectivity index (χ0) is 18.7. The van der Waals surface area contributed by atoms with Crippen LogP contribution < -0.4 is 4.90 Å². The number of fused-ring (bicyclic) bond motifs is 2. The van der Waals surface area contributed by atoms with E-state index in [0.717, 1.165) is 18.8 Å². The molecule has 1 aromatic rings. The Morgan fingerprint density at radius 1 is 1.12 bits per heavy atom. The van der Waals surface area contributed by atoms with E-state index >= 15 is 0 Å². The SMILES string of the molecule is CC1(C)[C@@]2(C)CC[C@@]1(C(=O)N1CCN(c3cccc(Cl)c3)CC1)OC2=O. The minimum absolute atomic E-state index is 0.0252. The first-order chi connectivity index (χ1) is 12.2. The molecule has 2 bridgehead atoms. The van der Waals surface area contributed by atoms with Gasteiger partial charge in [0.05, 0.1) is 5.41 Å². The summed E-state index contributed by atoms with van der Waals surface area (Å²) in [4.78, 5) is 29.9. The first-order valence-corrected chi connectivity index (χ1v) is 9.62. The Hall–Kier alpha value is -1.75. The summed E-state index contributed by atoms with van der Waals surface area (Å²) in [6.07, 6.45) is 1.34. The molecule has 0 aromatic heterocycles. The molecule has 1 amide bonds. The monoisotopic (exact) mass is 376 g/mol. The average molecular weight is 377 g/mol. The average Bonchev–Trinajstić information content (AvgIpc) is 2.91. The largest absolute Gasteiger partial charge is 0.448 e. The van der Waals surface area contributed by atoms with Crippen LogP contribution in [0.25, 0.3) is 0 Å². The molecule has 3 fully saturated rings. The van der Waals surface area contributed by atoms with Gasteiger partial charge in [-0.05, 0) is 38.0 Å². The molecule has 0 spiro atoms. The van der Waals surface area contributed by atoms with Gasteiger partial charge in [0, 0.05) is 42.3 Å². The van der Waals surface area contributed by atoms with Crippen molar-refractivity contribution in [2.75, 3.05) is 31.1 Å². The van der Waals surface area contributed by atoms with Crippen LogP contribution in [0.1, 0.15) is 33.6 Å². The van der Waals surface area contributed by atoms with Gasteiger partial charge in [-0.3, -0.25) is 9.59 Å². The predicted molar refractivity (Wildman–Crippen MR) is 100 cm³/mol. The van der Waals surface area contributed by atoms with E-state index in [4.69, 9.17) is 16.3 Å². The van der Waals surface area contributed by atoms with Crippen LogP contribution in [0.5, 0.6) is 0 Å². The fourth-order valence-corrected chi connectivity index (χ4v) is 5.00. The van der Waals surface area contributed by atoms with Gasteiger partial charge in [-0.1, -0.05) is 31.5 Å². The number of esters is 1. The highest BCUT2D eigenvalue weighted by Gasteiger charge is 2.76. The Balaban J connectivity index is 1.50. The van der Waals surface area contributed by atoms with Crippen molar-refractivity contribution < 1.29 is 14.3 Å². The van der Waals surface area contributed by atoms with Crippen molar-refractivity contribution in [3.8, 4) is 0 Å². The molecule has 2 saturated heterocycles. The summed E-state index contributed by atoms with van der Waals surface area (Å²) in [7, 11) is 0. The van der Waals surface area contributed by atoms with E-state index in [1.807, 2.05) is 49.9 Å². The number of anilines is 1. The highest BCUT2D eigenvalue weighted by Crippen LogP contribution is 2.65. The molecular weight excluding hydrogens is 352 g/mol. The molecule has 0 unspecified atom stereocenters. The van der Waals surface area contributed by atoms with Crippen molar-refractivity contribution in [1.82, 2.24) is 4.90 Å². The number of benzene rings is 1. The van der Waals surface area contributed by atoms with Crippen molar-refractivity contribution in [2.45, 2.75) is 39.2 Å². The van der Waals surface area contributed by atoms with Gasteiger partial charge in [0.2, 0.25) is 0 Å². The van der Waals surface area contributed by atoms with Crippen LogP contribution in [0, 0.1) is 10.8 Å². The molecule has 140 valence electrons.